The van der Waals surface area contributed by atoms with Crippen LogP contribution in [0.4, 0.5) is 17.6 Å². The Kier molecular flexibility index (Phi) is 9.35. The normalized spacial score (nSPS) is 12.5. The first-order valence-electron chi connectivity index (χ1n) is 9.08. The van der Waals surface area contributed by atoms with E-state index in [0.29, 0.717) is 0 Å². The van der Waals surface area contributed by atoms with Gasteiger partial charge < -0.3 is 10.6 Å². The molecule has 0 bridgehead atoms. The molecule has 0 fully saturated rings. The standard InChI is InChI=1S/C15H22N6O8S4/c1-31(22,23)17-7-6-16-13-19-14(18-11-4-2-5-12(10-11)33(27,28)29)21-15(20-13)30-8-3-9-32(24,25)26/h2,4-5,10,17H,3,6-9H2,1H3,(H,24,25,26)(H,27,28,29)(H2,16,18,19,20,21). The number of nitrogens with one attached hydrogen (secondary N) is 3. The van der Waals surface area contributed by atoms with E-state index in [-0.39, 0.29) is 52.9 Å². The minimum Gasteiger partial charge on any atom is -0.353 e. The van der Waals surface area contributed by atoms with Gasteiger partial charge in [0, 0.05) is 24.5 Å². The Balaban J connectivity index is 2.19. The fourth-order valence-electron chi connectivity index (χ4n) is 2.23. The number of anilines is 3. The number of sulfonamides is 1. The molecule has 0 radical (unpaired) electrons. The molecule has 1 aromatic heterocycles. The van der Waals surface area contributed by atoms with Gasteiger partial charge in [-0.1, -0.05) is 17.8 Å². The lowest BCUT2D eigenvalue weighted by atomic mass is 10.3. The lowest BCUT2D eigenvalue weighted by molar-refractivity contribution is 0.480. The third kappa shape index (κ3) is 11.1. The molecule has 2 rings (SSSR count). The highest BCUT2D eigenvalue weighted by Crippen LogP contribution is 2.22. The summed E-state index contributed by atoms with van der Waals surface area (Å²) in [4.78, 5) is 12.1. The van der Waals surface area contributed by atoms with E-state index >= 15 is 0 Å². The first-order chi connectivity index (χ1) is 15.2. The Morgan fingerprint density at radius 2 is 1.67 bits per heavy atom. The van der Waals surface area contributed by atoms with Crippen molar-refractivity contribution in [3.63, 3.8) is 0 Å². The first kappa shape index (κ1) is 27.2. The summed E-state index contributed by atoms with van der Waals surface area (Å²) in [6.45, 7) is 0.197. The molecular formula is C15H22N6O8S4. The molecule has 0 aliphatic rings. The molecule has 0 amide bonds. The molecule has 5 N–H and O–H groups in total. The van der Waals surface area contributed by atoms with Gasteiger partial charge in [-0.15, -0.1) is 0 Å². The van der Waals surface area contributed by atoms with Crippen molar-refractivity contribution < 1.29 is 34.4 Å². The zero-order valence-electron chi connectivity index (χ0n) is 17.2. The summed E-state index contributed by atoms with van der Waals surface area (Å²) in [5.74, 6) is -0.0865. The summed E-state index contributed by atoms with van der Waals surface area (Å²) in [5, 5.41) is 5.80. The number of nitrogens with zero attached hydrogens (tertiary/aromatic N) is 3. The van der Waals surface area contributed by atoms with Crippen molar-refractivity contribution in [2.24, 2.45) is 0 Å². The van der Waals surface area contributed by atoms with E-state index in [9.17, 15) is 29.8 Å². The number of thioether (sulfide) groups is 1. The fraction of sp³-hybridized carbons (Fsp3) is 0.400. The minimum absolute atomic E-state index is 0.00772. The number of rotatable bonds is 13. The quantitative estimate of drug-likeness (QED) is 0.130. The maximum atomic E-state index is 11.3. The molecule has 18 heteroatoms. The van der Waals surface area contributed by atoms with Crippen molar-refractivity contribution >= 4 is 59.6 Å². The van der Waals surface area contributed by atoms with Gasteiger partial charge in [0.25, 0.3) is 20.2 Å². The van der Waals surface area contributed by atoms with Gasteiger partial charge in [-0.3, -0.25) is 9.11 Å². The summed E-state index contributed by atoms with van der Waals surface area (Å²) in [6.07, 6.45) is 1.15. The SMILES string of the molecule is CS(=O)(=O)NCCNc1nc(Nc2cccc(S(=O)(=O)O)c2)nc(SCCCS(=O)(=O)O)n1. The van der Waals surface area contributed by atoms with Crippen molar-refractivity contribution in [1.29, 1.82) is 0 Å². The molecule has 1 heterocycles. The van der Waals surface area contributed by atoms with Gasteiger partial charge in [0.1, 0.15) is 0 Å². The van der Waals surface area contributed by atoms with Crippen LogP contribution in [0.5, 0.6) is 0 Å². The number of benzene rings is 1. The molecule has 33 heavy (non-hydrogen) atoms. The summed E-state index contributed by atoms with van der Waals surface area (Å²) < 4.78 is 87.0. The predicted octanol–water partition coefficient (Wildman–Crippen LogP) is 0.193. The van der Waals surface area contributed by atoms with Crippen molar-refractivity contribution in [3.8, 4) is 0 Å². The van der Waals surface area contributed by atoms with Gasteiger partial charge >= 0.3 is 0 Å². The van der Waals surface area contributed by atoms with Crippen LogP contribution in [0.2, 0.25) is 0 Å². The van der Waals surface area contributed by atoms with Crippen LogP contribution in [0.15, 0.2) is 34.3 Å². The highest BCUT2D eigenvalue weighted by atomic mass is 32.2. The molecule has 0 aliphatic heterocycles. The van der Waals surface area contributed by atoms with Crippen LogP contribution in [0.3, 0.4) is 0 Å². The molecule has 2 aromatic rings. The first-order valence-corrected chi connectivity index (χ1v) is 15.0. The van der Waals surface area contributed by atoms with Crippen LogP contribution in [-0.4, -0.2) is 80.2 Å². The molecule has 0 atom stereocenters. The molecule has 0 spiro atoms. The van der Waals surface area contributed by atoms with Crippen molar-refractivity contribution in [3.05, 3.63) is 24.3 Å². The smallest absolute Gasteiger partial charge is 0.294 e. The Morgan fingerprint density at radius 3 is 2.30 bits per heavy atom. The fourth-order valence-corrected chi connectivity index (χ4v) is 4.70. The monoisotopic (exact) mass is 542 g/mol. The second-order valence-electron chi connectivity index (χ2n) is 6.47. The van der Waals surface area contributed by atoms with Crippen LogP contribution in [0.25, 0.3) is 0 Å². The maximum Gasteiger partial charge on any atom is 0.294 e. The summed E-state index contributed by atoms with van der Waals surface area (Å²) in [5.41, 5.74) is 0.253. The second-order valence-corrected chi connectivity index (χ2v) is 12.4. The number of hydrogen-bond donors (Lipinski definition) is 5. The molecule has 0 saturated carbocycles. The molecular weight excluding hydrogens is 520 g/mol. The Morgan fingerprint density at radius 1 is 0.970 bits per heavy atom. The maximum absolute atomic E-state index is 11.3. The number of aromatic nitrogens is 3. The van der Waals surface area contributed by atoms with Crippen LogP contribution in [0, 0.1) is 0 Å². The van der Waals surface area contributed by atoms with E-state index < -0.39 is 36.0 Å². The minimum atomic E-state index is -4.42. The summed E-state index contributed by atoms with van der Waals surface area (Å²) in [6, 6.07) is 5.28. The van der Waals surface area contributed by atoms with E-state index in [0.717, 1.165) is 18.0 Å². The van der Waals surface area contributed by atoms with Crippen molar-refractivity contribution in [2.45, 2.75) is 16.5 Å². The highest BCUT2D eigenvalue weighted by Gasteiger charge is 2.12. The zero-order chi connectivity index (χ0) is 24.7. The summed E-state index contributed by atoms with van der Waals surface area (Å²) >= 11 is 1.09. The van der Waals surface area contributed by atoms with Crippen LogP contribution >= 0.6 is 11.8 Å². The lowest BCUT2D eigenvalue weighted by Gasteiger charge is -2.11. The van der Waals surface area contributed by atoms with Gasteiger partial charge in [0.15, 0.2) is 5.16 Å². The van der Waals surface area contributed by atoms with E-state index in [1.165, 1.54) is 24.3 Å². The van der Waals surface area contributed by atoms with Gasteiger partial charge in [0.05, 0.1) is 16.9 Å². The highest BCUT2D eigenvalue weighted by molar-refractivity contribution is 7.99. The molecule has 0 saturated heterocycles. The Labute approximate surface area is 195 Å². The zero-order valence-corrected chi connectivity index (χ0v) is 20.4. The van der Waals surface area contributed by atoms with Crippen LogP contribution in [0.1, 0.15) is 6.42 Å². The largest absolute Gasteiger partial charge is 0.353 e. The van der Waals surface area contributed by atoms with E-state index in [4.69, 9.17) is 4.55 Å². The average Bonchev–Trinajstić information content (AvgIpc) is 2.67. The number of hydrogen-bond acceptors (Lipinski definition) is 12. The molecule has 0 unspecified atom stereocenters. The van der Waals surface area contributed by atoms with Gasteiger partial charge in [-0.25, -0.2) is 13.1 Å². The average molecular weight is 543 g/mol. The van der Waals surface area contributed by atoms with Crippen molar-refractivity contribution in [2.75, 3.05) is 41.5 Å². The van der Waals surface area contributed by atoms with Gasteiger partial charge in [-0.2, -0.15) is 31.8 Å². The molecule has 184 valence electrons. The topological polar surface area (TPSA) is 218 Å². The lowest BCUT2D eigenvalue weighted by Crippen LogP contribution is -2.28. The second kappa shape index (κ2) is 11.4. The van der Waals surface area contributed by atoms with Crippen LogP contribution < -0.4 is 15.4 Å². The van der Waals surface area contributed by atoms with Crippen molar-refractivity contribution in [1.82, 2.24) is 19.7 Å². The Bertz CT molecular complexity index is 1230. The Hall–Kier alpha value is -2.09. The summed E-state index contributed by atoms with van der Waals surface area (Å²) in [7, 11) is -11.9. The van der Waals surface area contributed by atoms with Gasteiger partial charge in [0.2, 0.25) is 21.9 Å². The third-order valence-electron chi connectivity index (χ3n) is 3.55. The molecule has 0 aliphatic carbocycles. The molecule has 14 nitrogen and oxygen atoms in total. The predicted molar refractivity (Wildman–Crippen MR) is 122 cm³/mol. The molecule has 1 aromatic carbocycles. The van der Waals surface area contributed by atoms with Gasteiger partial charge in [-0.05, 0) is 24.6 Å². The van der Waals surface area contributed by atoms with E-state index in [1.54, 1.807) is 0 Å². The third-order valence-corrected chi connectivity index (χ3v) is 6.87. The van der Waals surface area contributed by atoms with E-state index in [1.807, 2.05) is 0 Å². The van der Waals surface area contributed by atoms with E-state index in [2.05, 4.69) is 30.3 Å². The van der Waals surface area contributed by atoms with Crippen LogP contribution in [-0.2, 0) is 30.3 Å².